The third-order valence-corrected chi connectivity index (χ3v) is 5.18. The fourth-order valence-electron chi connectivity index (χ4n) is 2.79. The first-order chi connectivity index (χ1) is 13.4. The van der Waals surface area contributed by atoms with Crippen LogP contribution in [0.2, 0.25) is 0 Å². The van der Waals surface area contributed by atoms with E-state index >= 15 is 0 Å². The molecule has 0 unspecified atom stereocenters. The van der Waals surface area contributed by atoms with E-state index in [0.717, 1.165) is 16.8 Å². The Labute approximate surface area is 169 Å². The Kier molecular flexibility index (Phi) is 6.09. The van der Waals surface area contributed by atoms with Crippen LogP contribution in [0.1, 0.15) is 31.9 Å². The van der Waals surface area contributed by atoms with Gasteiger partial charge in [-0.1, -0.05) is 23.8 Å². The maximum absolute atomic E-state index is 13.0. The Bertz CT molecular complexity index is 933. The summed E-state index contributed by atoms with van der Waals surface area (Å²) in [5.41, 5.74) is 2.77. The minimum absolute atomic E-state index is 0.00565. The van der Waals surface area contributed by atoms with Gasteiger partial charge in [-0.25, -0.2) is 4.99 Å². The predicted molar refractivity (Wildman–Crippen MR) is 115 cm³/mol. The summed E-state index contributed by atoms with van der Waals surface area (Å²) in [6.45, 7) is 8.28. The van der Waals surface area contributed by atoms with Crippen LogP contribution in [0, 0.1) is 6.92 Å². The van der Waals surface area contributed by atoms with Crippen LogP contribution in [-0.4, -0.2) is 33.7 Å². The number of hydrogen-bond acceptors (Lipinski definition) is 5. The maximum Gasteiger partial charge on any atom is 0.266 e. The van der Waals surface area contributed by atoms with E-state index < -0.39 is 0 Å². The average molecular weight is 397 g/mol. The summed E-state index contributed by atoms with van der Waals surface area (Å²) in [5, 5.41) is 10.5. The topological polar surface area (TPSA) is 62.1 Å². The number of aryl methyl sites for hydroxylation is 1. The molecule has 1 N–H and O–H groups in total. The van der Waals surface area contributed by atoms with E-state index in [9.17, 15) is 9.90 Å². The molecular formula is C22H24N2O3S. The SMILES string of the molecule is CCOc1cc(/C=C2/SC(=Nc3ccc(C)cc3)N(C(C)C)C2=O)ccc1O. The monoisotopic (exact) mass is 396 g/mol. The van der Waals surface area contributed by atoms with E-state index in [2.05, 4.69) is 4.99 Å². The Morgan fingerprint density at radius 1 is 1.21 bits per heavy atom. The first-order valence-corrected chi connectivity index (χ1v) is 10.0. The number of phenolic OH excluding ortho intramolecular Hbond substituents is 1. The maximum atomic E-state index is 13.0. The van der Waals surface area contributed by atoms with E-state index in [1.165, 1.54) is 11.8 Å². The van der Waals surface area contributed by atoms with Crippen molar-refractivity contribution in [3.05, 3.63) is 58.5 Å². The van der Waals surface area contributed by atoms with Gasteiger partial charge in [0.2, 0.25) is 0 Å². The lowest BCUT2D eigenvalue weighted by molar-refractivity contribution is -0.123. The zero-order valence-corrected chi connectivity index (χ0v) is 17.3. The third-order valence-electron chi connectivity index (χ3n) is 4.19. The van der Waals surface area contributed by atoms with E-state index in [4.69, 9.17) is 4.74 Å². The number of carbonyl (C=O) groups is 1. The molecule has 2 aromatic rings. The van der Waals surface area contributed by atoms with Crippen molar-refractivity contribution in [3.8, 4) is 11.5 Å². The summed E-state index contributed by atoms with van der Waals surface area (Å²) < 4.78 is 5.43. The van der Waals surface area contributed by atoms with Crippen molar-refractivity contribution in [3.63, 3.8) is 0 Å². The zero-order chi connectivity index (χ0) is 20.3. The molecular weight excluding hydrogens is 372 g/mol. The number of aromatic hydroxyl groups is 1. The van der Waals surface area contributed by atoms with Gasteiger partial charge in [0.25, 0.3) is 5.91 Å². The summed E-state index contributed by atoms with van der Waals surface area (Å²) in [5.74, 6) is 0.415. The number of amides is 1. The smallest absolute Gasteiger partial charge is 0.266 e. The van der Waals surface area contributed by atoms with Gasteiger partial charge in [0.05, 0.1) is 17.2 Å². The van der Waals surface area contributed by atoms with Gasteiger partial charge in [-0.15, -0.1) is 0 Å². The van der Waals surface area contributed by atoms with Gasteiger partial charge in [0.1, 0.15) is 0 Å². The number of nitrogens with zero attached hydrogens (tertiary/aromatic N) is 2. The molecule has 3 rings (SSSR count). The van der Waals surface area contributed by atoms with Gasteiger partial charge >= 0.3 is 0 Å². The summed E-state index contributed by atoms with van der Waals surface area (Å²) >= 11 is 1.36. The molecule has 6 heteroatoms. The highest BCUT2D eigenvalue weighted by molar-refractivity contribution is 8.18. The fraction of sp³-hybridized carbons (Fsp3) is 0.273. The summed E-state index contributed by atoms with van der Waals surface area (Å²) in [6.07, 6.45) is 1.81. The Balaban J connectivity index is 1.95. The number of hydrogen-bond donors (Lipinski definition) is 1. The predicted octanol–water partition coefficient (Wildman–Crippen LogP) is 5.11. The lowest BCUT2D eigenvalue weighted by Crippen LogP contribution is -2.35. The second kappa shape index (κ2) is 8.52. The summed E-state index contributed by atoms with van der Waals surface area (Å²) in [7, 11) is 0. The molecule has 28 heavy (non-hydrogen) atoms. The highest BCUT2D eigenvalue weighted by Crippen LogP contribution is 2.36. The number of rotatable bonds is 5. The van der Waals surface area contributed by atoms with Gasteiger partial charge in [-0.05, 0) is 75.4 Å². The number of aliphatic imine (C=N–C) groups is 1. The van der Waals surface area contributed by atoms with Crippen LogP contribution in [0.5, 0.6) is 11.5 Å². The fourth-order valence-corrected chi connectivity index (χ4v) is 3.91. The van der Waals surface area contributed by atoms with Crippen molar-refractivity contribution < 1.29 is 14.6 Å². The van der Waals surface area contributed by atoms with E-state index in [1.54, 1.807) is 23.1 Å². The van der Waals surface area contributed by atoms with Crippen LogP contribution in [-0.2, 0) is 4.79 Å². The first kappa shape index (κ1) is 20.0. The number of phenols is 1. The second-order valence-corrected chi connectivity index (χ2v) is 7.78. The molecule has 0 radical (unpaired) electrons. The highest BCUT2D eigenvalue weighted by Gasteiger charge is 2.35. The second-order valence-electron chi connectivity index (χ2n) is 6.77. The molecule has 2 aromatic carbocycles. The molecule has 146 valence electrons. The molecule has 1 fully saturated rings. The molecule has 1 aliphatic rings. The molecule has 0 aliphatic carbocycles. The normalized spacial score (nSPS) is 17.2. The number of carbonyl (C=O) groups excluding carboxylic acids is 1. The van der Waals surface area contributed by atoms with Crippen LogP contribution >= 0.6 is 11.8 Å². The number of thioether (sulfide) groups is 1. The number of amidine groups is 1. The van der Waals surface area contributed by atoms with Gasteiger partial charge in [0.15, 0.2) is 16.7 Å². The molecule has 1 amide bonds. The molecule has 0 saturated carbocycles. The molecule has 0 aromatic heterocycles. The minimum Gasteiger partial charge on any atom is -0.504 e. The van der Waals surface area contributed by atoms with Crippen LogP contribution in [0.25, 0.3) is 6.08 Å². The van der Waals surface area contributed by atoms with Crippen LogP contribution in [0.4, 0.5) is 5.69 Å². The van der Waals surface area contributed by atoms with Gasteiger partial charge in [0, 0.05) is 6.04 Å². The van der Waals surface area contributed by atoms with Gasteiger partial charge < -0.3 is 9.84 Å². The lowest BCUT2D eigenvalue weighted by Gasteiger charge is -2.19. The summed E-state index contributed by atoms with van der Waals surface area (Å²) in [4.78, 5) is 19.9. The van der Waals surface area contributed by atoms with Crippen LogP contribution in [0.3, 0.4) is 0 Å². The van der Waals surface area contributed by atoms with E-state index in [0.29, 0.717) is 22.4 Å². The molecule has 5 nitrogen and oxygen atoms in total. The molecule has 0 spiro atoms. The minimum atomic E-state index is -0.0723. The van der Waals surface area contributed by atoms with Crippen molar-refractivity contribution in [2.75, 3.05) is 6.61 Å². The Morgan fingerprint density at radius 3 is 2.57 bits per heavy atom. The number of ether oxygens (including phenoxy) is 1. The van der Waals surface area contributed by atoms with E-state index in [1.807, 2.05) is 58.0 Å². The molecule has 1 heterocycles. The zero-order valence-electron chi connectivity index (χ0n) is 16.5. The van der Waals surface area contributed by atoms with Crippen molar-refractivity contribution in [2.45, 2.75) is 33.7 Å². The largest absolute Gasteiger partial charge is 0.504 e. The first-order valence-electron chi connectivity index (χ1n) is 9.23. The molecule has 1 aliphatic heterocycles. The van der Waals surface area contributed by atoms with Gasteiger partial charge in [-0.3, -0.25) is 9.69 Å². The van der Waals surface area contributed by atoms with Crippen molar-refractivity contribution in [1.82, 2.24) is 4.90 Å². The Hall–Kier alpha value is -2.73. The number of benzene rings is 2. The van der Waals surface area contributed by atoms with Crippen molar-refractivity contribution >= 4 is 34.6 Å². The molecule has 1 saturated heterocycles. The standard InChI is InChI=1S/C22H24N2O3S/c1-5-27-19-12-16(8-11-18(19)25)13-20-21(26)24(14(2)3)22(28-20)23-17-9-6-15(4)7-10-17/h6-14,25H,5H2,1-4H3/b20-13+,23-22?. The Morgan fingerprint density at radius 2 is 1.93 bits per heavy atom. The lowest BCUT2D eigenvalue weighted by atomic mass is 10.2. The molecule has 0 bridgehead atoms. The van der Waals surface area contributed by atoms with Gasteiger partial charge in [-0.2, -0.15) is 0 Å². The average Bonchev–Trinajstić information content (AvgIpc) is 2.95. The third kappa shape index (κ3) is 4.39. The van der Waals surface area contributed by atoms with Crippen molar-refractivity contribution in [2.24, 2.45) is 4.99 Å². The quantitative estimate of drug-likeness (QED) is 0.713. The summed E-state index contributed by atoms with van der Waals surface area (Å²) in [6, 6.07) is 13.0. The molecule has 0 atom stereocenters. The highest BCUT2D eigenvalue weighted by atomic mass is 32.2. The van der Waals surface area contributed by atoms with E-state index in [-0.39, 0.29) is 17.7 Å². The van der Waals surface area contributed by atoms with Crippen molar-refractivity contribution in [1.29, 1.82) is 0 Å². The van der Waals surface area contributed by atoms with Crippen LogP contribution < -0.4 is 4.74 Å². The van der Waals surface area contributed by atoms with Crippen LogP contribution in [0.15, 0.2) is 52.4 Å².